The van der Waals surface area contributed by atoms with E-state index in [4.69, 9.17) is 5.26 Å². The zero-order chi connectivity index (χ0) is 18.8. The molecule has 0 unspecified atom stereocenters. The third-order valence-corrected chi connectivity index (χ3v) is 4.62. The van der Waals surface area contributed by atoms with Gasteiger partial charge in [0.15, 0.2) is 0 Å². The lowest BCUT2D eigenvalue weighted by Crippen LogP contribution is -2.40. The maximum Gasteiger partial charge on any atom is 0.238 e. The van der Waals surface area contributed by atoms with Gasteiger partial charge in [-0.1, -0.05) is 25.1 Å². The molecule has 0 saturated heterocycles. The first-order valence-corrected chi connectivity index (χ1v) is 9.26. The molecule has 0 atom stereocenters. The summed E-state index contributed by atoms with van der Waals surface area (Å²) >= 11 is 1.60. The smallest absolute Gasteiger partial charge is 0.238 e. The van der Waals surface area contributed by atoms with Crippen LogP contribution in [0.25, 0.3) is 0 Å². The molecule has 2 aromatic rings. The number of hydrogen-bond acceptors (Lipinski definition) is 5. The van der Waals surface area contributed by atoms with Crippen LogP contribution in [0.1, 0.15) is 17.4 Å². The van der Waals surface area contributed by atoms with Gasteiger partial charge in [-0.3, -0.25) is 14.5 Å². The number of nitrogens with zero attached hydrogens (tertiary/aromatic N) is 2. The second-order valence-corrected chi connectivity index (χ2v) is 6.77. The van der Waals surface area contributed by atoms with Gasteiger partial charge >= 0.3 is 0 Å². The number of carbonyl (C=O) groups excluding carboxylic acids is 2. The minimum atomic E-state index is -0.175. The van der Waals surface area contributed by atoms with E-state index in [-0.39, 0.29) is 24.9 Å². The van der Waals surface area contributed by atoms with Crippen LogP contribution < -0.4 is 10.6 Å². The lowest BCUT2D eigenvalue weighted by Gasteiger charge is -2.19. The molecule has 0 saturated carbocycles. The molecular formula is C19H22N4O2S. The number of nitrogens with one attached hydrogen (secondary N) is 2. The van der Waals surface area contributed by atoms with Crippen molar-refractivity contribution in [1.82, 2.24) is 10.2 Å². The van der Waals surface area contributed by atoms with Gasteiger partial charge in [0.1, 0.15) is 0 Å². The molecular weight excluding hydrogens is 348 g/mol. The van der Waals surface area contributed by atoms with E-state index in [1.807, 2.05) is 36.6 Å². The molecule has 1 heterocycles. The number of hydrogen-bond donors (Lipinski definition) is 2. The van der Waals surface area contributed by atoms with Crippen LogP contribution in [0, 0.1) is 11.3 Å². The third-order valence-electron chi connectivity index (χ3n) is 3.74. The number of thiophene rings is 1. The summed E-state index contributed by atoms with van der Waals surface area (Å²) in [5, 5.41) is 16.3. The van der Waals surface area contributed by atoms with Crippen molar-refractivity contribution in [2.45, 2.75) is 19.9 Å². The van der Waals surface area contributed by atoms with E-state index in [0.29, 0.717) is 25.2 Å². The molecule has 1 aromatic carbocycles. The molecule has 2 N–H and O–H groups in total. The monoisotopic (exact) mass is 370 g/mol. The first kappa shape index (κ1) is 19.6. The molecule has 26 heavy (non-hydrogen) atoms. The first-order chi connectivity index (χ1) is 12.6. The van der Waals surface area contributed by atoms with Gasteiger partial charge in [-0.15, -0.1) is 11.3 Å². The van der Waals surface area contributed by atoms with Crippen molar-refractivity contribution >= 4 is 28.8 Å². The minimum absolute atomic E-state index is 0.103. The van der Waals surface area contributed by atoms with Crippen LogP contribution in [0.4, 0.5) is 5.69 Å². The Labute approximate surface area is 157 Å². The van der Waals surface area contributed by atoms with Crippen molar-refractivity contribution < 1.29 is 9.59 Å². The quantitative estimate of drug-likeness (QED) is 0.710. The highest BCUT2D eigenvalue weighted by Gasteiger charge is 2.13. The maximum atomic E-state index is 12.2. The minimum Gasteiger partial charge on any atom is -0.350 e. The van der Waals surface area contributed by atoms with Gasteiger partial charge in [-0.25, -0.2) is 0 Å². The van der Waals surface area contributed by atoms with Gasteiger partial charge in [0, 0.05) is 10.6 Å². The molecule has 0 aliphatic rings. The van der Waals surface area contributed by atoms with Gasteiger partial charge in [0.2, 0.25) is 11.8 Å². The Morgan fingerprint density at radius 2 is 1.88 bits per heavy atom. The fraction of sp³-hybridized carbons (Fsp3) is 0.316. The Balaban J connectivity index is 1.77. The number of benzene rings is 1. The normalized spacial score (nSPS) is 10.3. The van der Waals surface area contributed by atoms with Crippen molar-refractivity contribution in [3.05, 3.63) is 52.2 Å². The highest BCUT2D eigenvalue weighted by Crippen LogP contribution is 2.10. The Kier molecular flexibility index (Phi) is 7.80. The second kappa shape index (κ2) is 10.3. The van der Waals surface area contributed by atoms with Crippen molar-refractivity contribution in [3.8, 4) is 6.07 Å². The summed E-state index contributed by atoms with van der Waals surface area (Å²) in [5.74, 6) is -0.278. The number of rotatable bonds is 9. The van der Waals surface area contributed by atoms with Crippen molar-refractivity contribution in [1.29, 1.82) is 5.26 Å². The fourth-order valence-corrected chi connectivity index (χ4v) is 2.98. The van der Waals surface area contributed by atoms with Crippen LogP contribution in [0.2, 0.25) is 0 Å². The van der Waals surface area contributed by atoms with Gasteiger partial charge in [0.05, 0.1) is 32.1 Å². The molecule has 1 aromatic heterocycles. The molecule has 0 aliphatic carbocycles. The fourth-order valence-electron chi connectivity index (χ4n) is 2.34. The average molecular weight is 370 g/mol. The number of nitriles is 1. The maximum absolute atomic E-state index is 12.2. The lowest BCUT2D eigenvalue weighted by atomic mass is 10.1. The highest BCUT2D eigenvalue weighted by molar-refractivity contribution is 7.09. The lowest BCUT2D eigenvalue weighted by molar-refractivity contribution is -0.123. The van der Waals surface area contributed by atoms with Crippen LogP contribution in [-0.4, -0.2) is 36.3 Å². The average Bonchev–Trinajstić information content (AvgIpc) is 3.15. The molecule has 6 nitrogen and oxygen atoms in total. The number of amides is 2. The van der Waals surface area contributed by atoms with Crippen molar-refractivity contribution in [2.75, 3.05) is 25.0 Å². The molecule has 0 aliphatic heterocycles. The SMILES string of the molecule is CCN(CC(=O)NCc1cccs1)CC(=O)Nc1ccc(CC#N)cc1. The summed E-state index contributed by atoms with van der Waals surface area (Å²) in [5.41, 5.74) is 1.58. The van der Waals surface area contributed by atoms with Crippen molar-refractivity contribution in [3.63, 3.8) is 0 Å². The van der Waals surface area contributed by atoms with E-state index in [9.17, 15) is 9.59 Å². The van der Waals surface area contributed by atoms with E-state index in [1.165, 1.54) is 0 Å². The predicted octanol–water partition coefficient (Wildman–Crippen LogP) is 2.39. The summed E-state index contributed by atoms with van der Waals surface area (Å²) < 4.78 is 0. The molecule has 7 heteroatoms. The molecule has 2 amide bonds. The largest absolute Gasteiger partial charge is 0.350 e. The van der Waals surface area contributed by atoms with Gasteiger partial charge < -0.3 is 10.6 Å². The second-order valence-electron chi connectivity index (χ2n) is 5.74. The molecule has 0 radical (unpaired) electrons. The summed E-state index contributed by atoms with van der Waals surface area (Å²) in [6.07, 6.45) is 0.346. The topological polar surface area (TPSA) is 85.2 Å². The van der Waals surface area contributed by atoms with E-state index in [0.717, 1.165) is 10.4 Å². The summed E-state index contributed by atoms with van der Waals surface area (Å²) in [6.45, 7) is 3.34. The predicted molar refractivity (Wildman–Crippen MR) is 103 cm³/mol. The summed E-state index contributed by atoms with van der Waals surface area (Å²) in [6, 6.07) is 13.2. The number of likely N-dealkylation sites (N-methyl/N-ethyl adjacent to an activating group) is 1. The van der Waals surface area contributed by atoms with E-state index >= 15 is 0 Å². The van der Waals surface area contributed by atoms with Gasteiger partial charge in [-0.05, 0) is 35.7 Å². The Morgan fingerprint density at radius 1 is 1.15 bits per heavy atom. The van der Waals surface area contributed by atoms with E-state index in [2.05, 4.69) is 16.7 Å². The molecule has 0 bridgehead atoms. The van der Waals surface area contributed by atoms with Gasteiger partial charge in [-0.2, -0.15) is 5.26 Å². The zero-order valence-electron chi connectivity index (χ0n) is 14.7. The summed E-state index contributed by atoms with van der Waals surface area (Å²) in [4.78, 5) is 27.1. The van der Waals surface area contributed by atoms with Crippen LogP contribution in [0.3, 0.4) is 0 Å². The van der Waals surface area contributed by atoms with Crippen molar-refractivity contribution in [2.24, 2.45) is 0 Å². The standard InChI is InChI=1S/C19H22N4O2S/c1-2-23(13-18(24)21-12-17-4-3-11-26-17)14-19(25)22-16-7-5-15(6-8-16)9-10-20/h3-8,11H,2,9,12-14H2,1H3,(H,21,24)(H,22,25). The van der Waals surface area contributed by atoms with E-state index in [1.54, 1.807) is 28.4 Å². The molecule has 136 valence electrons. The van der Waals surface area contributed by atoms with Gasteiger partial charge in [0.25, 0.3) is 0 Å². The Bertz CT molecular complexity index is 751. The summed E-state index contributed by atoms with van der Waals surface area (Å²) in [7, 11) is 0. The van der Waals surface area contributed by atoms with Crippen LogP contribution in [0.5, 0.6) is 0 Å². The van der Waals surface area contributed by atoms with E-state index < -0.39 is 0 Å². The Hall–Kier alpha value is -2.69. The van der Waals surface area contributed by atoms with Crippen LogP contribution in [-0.2, 0) is 22.6 Å². The number of anilines is 1. The van der Waals surface area contributed by atoms with Crippen LogP contribution in [0.15, 0.2) is 41.8 Å². The molecule has 0 spiro atoms. The molecule has 2 rings (SSSR count). The Morgan fingerprint density at radius 3 is 2.50 bits per heavy atom. The highest BCUT2D eigenvalue weighted by atomic mass is 32.1. The number of carbonyl (C=O) groups is 2. The molecule has 0 fully saturated rings. The van der Waals surface area contributed by atoms with Crippen LogP contribution >= 0.6 is 11.3 Å². The first-order valence-electron chi connectivity index (χ1n) is 8.38. The zero-order valence-corrected chi connectivity index (χ0v) is 15.5. The third kappa shape index (κ3) is 6.67.